The topological polar surface area (TPSA) is 208 Å². The minimum absolute atomic E-state index is 0.0228. The number of aliphatic carboxylic acids is 2. The first kappa shape index (κ1) is 35.4. The van der Waals surface area contributed by atoms with E-state index in [1.165, 1.54) is 72.8 Å². The highest BCUT2D eigenvalue weighted by Gasteiger charge is 2.17. The van der Waals surface area contributed by atoms with E-state index in [2.05, 4.69) is 20.1 Å². The summed E-state index contributed by atoms with van der Waals surface area (Å²) in [4.78, 5) is 34.7. The lowest BCUT2D eigenvalue weighted by Crippen LogP contribution is -2.19. The summed E-state index contributed by atoms with van der Waals surface area (Å²) >= 11 is 0. The van der Waals surface area contributed by atoms with Gasteiger partial charge in [0, 0.05) is 22.7 Å². The lowest BCUT2D eigenvalue weighted by atomic mass is 10.1. The lowest BCUT2D eigenvalue weighted by molar-refractivity contribution is -0.137. The van der Waals surface area contributed by atoms with Crippen molar-refractivity contribution in [3.05, 3.63) is 132 Å². The molecule has 15 heteroatoms. The summed E-state index contributed by atoms with van der Waals surface area (Å²) in [6, 6.07) is 30.7. The molecule has 0 bridgehead atoms. The van der Waals surface area contributed by atoms with Gasteiger partial charge >= 0.3 is 18.0 Å². The van der Waals surface area contributed by atoms with Crippen LogP contribution in [0, 0.1) is 0 Å². The Morgan fingerprint density at radius 3 is 1.13 bits per heavy atom. The molecule has 0 heterocycles. The number of nitrogens with one attached hydrogen (secondary N) is 4. The molecule has 6 N–H and O–H groups in total. The Hall–Kier alpha value is -6.45. The van der Waals surface area contributed by atoms with Crippen molar-refractivity contribution in [3.8, 4) is 0 Å². The second-order valence-corrected chi connectivity index (χ2v) is 15.1. The molecule has 6 aromatic rings. The largest absolute Gasteiger partial charge is 0.481 e. The number of benzene rings is 6. The third-order valence-corrected chi connectivity index (χ3v) is 10.6. The molecule has 0 spiro atoms. The normalized spacial score (nSPS) is 11.5. The molecule has 0 aliphatic rings. The van der Waals surface area contributed by atoms with Crippen LogP contribution in [0.4, 0.5) is 27.5 Å². The Labute approximate surface area is 298 Å². The van der Waals surface area contributed by atoms with Crippen LogP contribution in [-0.2, 0) is 42.5 Å². The molecule has 264 valence electrons. The molecule has 6 rings (SSSR count). The van der Waals surface area contributed by atoms with Gasteiger partial charge in [-0.15, -0.1) is 0 Å². The number of carboxylic acid groups (broad SMARTS) is 2. The molecule has 0 fully saturated rings. The van der Waals surface area contributed by atoms with Gasteiger partial charge in [-0.2, -0.15) is 0 Å². The molecule has 0 unspecified atom stereocenters. The van der Waals surface area contributed by atoms with E-state index in [-0.39, 0.29) is 34.0 Å². The Morgan fingerprint density at radius 1 is 0.442 bits per heavy atom. The summed E-state index contributed by atoms with van der Waals surface area (Å²) in [6.07, 6.45) is -0.344. The zero-order valence-electron chi connectivity index (χ0n) is 27.0. The minimum Gasteiger partial charge on any atom is -0.481 e. The van der Waals surface area contributed by atoms with Crippen LogP contribution in [0.15, 0.2) is 131 Å². The predicted octanol–water partition coefficient (Wildman–Crippen LogP) is 6.49. The van der Waals surface area contributed by atoms with Gasteiger partial charge in [0.25, 0.3) is 20.0 Å². The van der Waals surface area contributed by atoms with Gasteiger partial charge in [0.15, 0.2) is 0 Å². The number of carbonyl (C=O) groups is 3. The number of fused-ring (bicyclic) bond motifs is 2. The van der Waals surface area contributed by atoms with Crippen LogP contribution in [0.5, 0.6) is 0 Å². The first-order valence-corrected chi connectivity index (χ1v) is 18.5. The van der Waals surface area contributed by atoms with Crippen LogP contribution in [0.25, 0.3) is 21.5 Å². The Bertz CT molecular complexity index is 2400. The fraction of sp³-hybridized carbons (Fsp3) is 0.0541. The second-order valence-electron chi connectivity index (χ2n) is 11.8. The van der Waals surface area contributed by atoms with Crippen molar-refractivity contribution in [1.29, 1.82) is 0 Å². The SMILES string of the molecule is O=C(O)Cc1ccc(NS(=O)(=O)c2ccc3cc(NC(=O)Nc4ccc5cc(S(=O)(=O)Nc6ccc(CC(=O)O)cc6)ccc5c4)ccc3c2)cc1. The van der Waals surface area contributed by atoms with Crippen LogP contribution in [-0.4, -0.2) is 45.0 Å². The standard InChI is InChI=1S/C37H30N4O9S2/c42-35(43)17-23-1-9-29(10-2-23)40-51(47,48)33-15-7-25-19-31(13-5-27(25)21-33)38-37(46)39-32-14-6-28-22-34(16-8-26(28)20-32)52(49,50)41-30-11-3-24(4-12-30)18-36(44)45/h1-16,19-22,40-41H,17-18H2,(H,42,43)(H,44,45)(H2,38,39,46). The van der Waals surface area contributed by atoms with Crippen LogP contribution in [0.3, 0.4) is 0 Å². The molecule has 0 atom stereocenters. The Balaban J connectivity index is 1.08. The van der Waals surface area contributed by atoms with Gasteiger partial charge in [-0.3, -0.25) is 19.0 Å². The number of urea groups is 1. The van der Waals surface area contributed by atoms with Crippen molar-refractivity contribution in [3.63, 3.8) is 0 Å². The van der Waals surface area contributed by atoms with E-state index in [0.717, 1.165) is 0 Å². The third-order valence-electron chi connectivity index (χ3n) is 7.88. The van der Waals surface area contributed by atoms with E-state index in [1.807, 2.05) is 0 Å². The van der Waals surface area contributed by atoms with E-state index in [4.69, 9.17) is 10.2 Å². The molecule has 0 saturated carbocycles. The van der Waals surface area contributed by atoms with Gasteiger partial charge in [0.1, 0.15) is 0 Å². The van der Waals surface area contributed by atoms with Gasteiger partial charge in [-0.1, -0.05) is 48.5 Å². The summed E-state index contributed by atoms with van der Waals surface area (Å²) in [5.74, 6) is -1.97. The van der Waals surface area contributed by atoms with Crippen LogP contribution in [0.2, 0.25) is 0 Å². The number of amides is 2. The van der Waals surface area contributed by atoms with Crippen molar-refractivity contribution >= 4 is 82.3 Å². The van der Waals surface area contributed by atoms with Crippen LogP contribution in [0.1, 0.15) is 11.1 Å². The van der Waals surface area contributed by atoms with E-state index >= 15 is 0 Å². The fourth-order valence-electron chi connectivity index (χ4n) is 5.39. The van der Waals surface area contributed by atoms with Gasteiger partial charge in [0.2, 0.25) is 0 Å². The first-order valence-electron chi connectivity index (χ1n) is 15.6. The highest BCUT2D eigenvalue weighted by molar-refractivity contribution is 7.93. The Morgan fingerprint density at radius 2 is 0.769 bits per heavy atom. The highest BCUT2D eigenvalue weighted by atomic mass is 32.2. The average Bonchev–Trinajstić information content (AvgIpc) is 3.08. The number of rotatable bonds is 12. The van der Waals surface area contributed by atoms with Gasteiger partial charge in [-0.25, -0.2) is 21.6 Å². The number of hydrogen-bond donors (Lipinski definition) is 6. The van der Waals surface area contributed by atoms with E-state index < -0.39 is 38.0 Å². The maximum Gasteiger partial charge on any atom is 0.323 e. The number of anilines is 4. The quantitative estimate of drug-likeness (QED) is 0.0809. The molecule has 6 aromatic carbocycles. The van der Waals surface area contributed by atoms with E-state index in [9.17, 15) is 31.2 Å². The first-order chi connectivity index (χ1) is 24.7. The summed E-state index contributed by atoms with van der Waals surface area (Å²) in [6.45, 7) is 0. The monoisotopic (exact) mass is 738 g/mol. The summed E-state index contributed by atoms with van der Waals surface area (Å²) < 4.78 is 57.1. The minimum atomic E-state index is -3.94. The molecular weight excluding hydrogens is 709 g/mol. The summed E-state index contributed by atoms with van der Waals surface area (Å²) in [5.41, 5.74) is 2.57. The van der Waals surface area contributed by atoms with Crippen LogP contribution < -0.4 is 20.1 Å². The predicted molar refractivity (Wildman–Crippen MR) is 198 cm³/mol. The van der Waals surface area contributed by atoms with Gasteiger partial charge in [-0.05, 0) is 105 Å². The molecule has 2 amide bonds. The number of carbonyl (C=O) groups excluding carboxylic acids is 1. The zero-order valence-corrected chi connectivity index (χ0v) is 28.7. The molecule has 0 aliphatic carbocycles. The second kappa shape index (κ2) is 14.4. The van der Waals surface area contributed by atoms with Crippen LogP contribution >= 0.6 is 0 Å². The maximum absolute atomic E-state index is 13.0. The number of hydrogen-bond acceptors (Lipinski definition) is 7. The van der Waals surface area contributed by atoms with Crippen molar-refractivity contribution in [2.45, 2.75) is 22.6 Å². The smallest absolute Gasteiger partial charge is 0.323 e. The van der Waals surface area contributed by atoms with Gasteiger partial charge in [0.05, 0.1) is 22.6 Å². The van der Waals surface area contributed by atoms with Crippen molar-refractivity contribution in [1.82, 2.24) is 0 Å². The molecule has 13 nitrogen and oxygen atoms in total. The molecular formula is C37H30N4O9S2. The highest BCUT2D eigenvalue weighted by Crippen LogP contribution is 2.27. The van der Waals surface area contributed by atoms with Gasteiger partial charge < -0.3 is 20.8 Å². The summed E-state index contributed by atoms with van der Waals surface area (Å²) in [5, 5.41) is 25.9. The third kappa shape index (κ3) is 8.64. The van der Waals surface area contributed by atoms with Crippen molar-refractivity contribution in [2.75, 3.05) is 20.1 Å². The van der Waals surface area contributed by atoms with Crippen molar-refractivity contribution in [2.24, 2.45) is 0 Å². The fourth-order valence-corrected chi connectivity index (χ4v) is 7.58. The van der Waals surface area contributed by atoms with Crippen molar-refractivity contribution < 1.29 is 41.4 Å². The number of sulfonamides is 2. The molecule has 0 radical (unpaired) electrons. The summed E-state index contributed by atoms with van der Waals surface area (Å²) in [7, 11) is -7.88. The molecule has 0 saturated heterocycles. The molecule has 52 heavy (non-hydrogen) atoms. The average molecular weight is 739 g/mol. The number of carboxylic acids is 2. The Kier molecular flexibility index (Phi) is 9.81. The lowest BCUT2D eigenvalue weighted by Gasteiger charge is -2.12. The molecule has 0 aromatic heterocycles. The van der Waals surface area contributed by atoms with E-state index in [0.29, 0.717) is 44.0 Å². The molecule has 0 aliphatic heterocycles. The zero-order chi connectivity index (χ0) is 37.0. The van der Waals surface area contributed by atoms with E-state index in [1.54, 1.807) is 48.5 Å². The maximum atomic E-state index is 13.0.